The van der Waals surface area contributed by atoms with Gasteiger partial charge in [0.2, 0.25) is 5.95 Å². The van der Waals surface area contributed by atoms with Crippen molar-refractivity contribution in [2.24, 2.45) is 0 Å². The van der Waals surface area contributed by atoms with Gasteiger partial charge in [0.25, 0.3) is 0 Å². The number of hydrogen-bond donors (Lipinski definition) is 1. The van der Waals surface area contributed by atoms with E-state index in [4.69, 9.17) is 15.2 Å². The molecule has 1 aliphatic carbocycles. The van der Waals surface area contributed by atoms with Crippen molar-refractivity contribution in [1.29, 1.82) is 0 Å². The quantitative estimate of drug-likeness (QED) is 0.932. The molecule has 0 radical (unpaired) electrons. The zero-order chi connectivity index (χ0) is 15.7. The minimum atomic E-state index is 0.00940. The maximum absolute atomic E-state index is 12.3. The summed E-state index contributed by atoms with van der Waals surface area (Å²) in [5, 5.41) is 0. The molecule has 0 amide bonds. The number of ketones is 1. The van der Waals surface area contributed by atoms with Crippen LogP contribution >= 0.6 is 0 Å². The summed E-state index contributed by atoms with van der Waals surface area (Å²) >= 11 is 0. The standard InChI is InChI=1S/C16H17N3O3/c1-21-10-3-4-11(15(7-10)22-2)9-5-13-12(14(20)6-9)8-18-16(17)19-13/h3-4,7-9H,5-6H2,1-2H3,(H2,17,18,19)/t9-/m1/s1. The van der Waals surface area contributed by atoms with E-state index in [0.29, 0.717) is 29.8 Å². The molecular weight excluding hydrogens is 282 g/mol. The summed E-state index contributed by atoms with van der Waals surface area (Å²) in [4.78, 5) is 20.4. The largest absolute Gasteiger partial charge is 0.497 e. The van der Waals surface area contributed by atoms with Crippen molar-refractivity contribution in [2.45, 2.75) is 18.8 Å². The van der Waals surface area contributed by atoms with Crippen LogP contribution in [0.15, 0.2) is 24.4 Å². The topological polar surface area (TPSA) is 87.3 Å². The summed E-state index contributed by atoms with van der Waals surface area (Å²) in [6.45, 7) is 0. The van der Waals surface area contributed by atoms with Crippen LogP contribution in [0.2, 0.25) is 0 Å². The first-order valence-electron chi connectivity index (χ1n) is 6.99. The maximum atomic E-state index is 12.3. The highest BCUT2D eigenvalue weighted by Crippen LogP contribution is 2.37. The molecule has 0 fully saturated rings. The van der Waals surface area contributed by atoms with Crippen molar-refractivity contribution in [3.05, 3.63) is 41.2 Å². The Morgan fingerprint density at radius 3 is 2.77 bits per heavy atom. The Labute approximate surface area is 128 Å². The second kappa shape index (κ2) is 5.63. The lowest BCUT2D eigenvalue weighted by molar-refractivity contribution is 0.0962. The van der Waals surface area contributed by atoms with E-state index < -0.39 is 0 Å². The molecule has 114 valence electrons. The monoisotopic (exact) mass is 299 g/mol. The first-order chi connectivity index (χ1) is 10.6. The average Bonchev–Trinajstić information content (AvgIpc) is 2.53. The lowest BCUT2D eigenvalue weighted by atomic mass is 9.82. The Bertz CT molecular complexity index is 731. The van der Waals surface area contributed by atoms with Gasteiger partial charge in [0, 0.05) is 24.6 Å². The van der Waals surface area contributed by atoms with Crippen LogP contribution in [0.3, 0.4) is 0 Å². The third-order valence-electron chi connectivity index (χ3n) is 3.94. The molecule has 0 unspecified atom stereocenters. The third-order valence-corrected chi connectivity index (χ3v) is 3.94. The number of ether oxygens (including phenoxy) is 2. The van der Waals surface area contributed by atoms with E-state index in [9.17, 15) is 4.79 Å². The maximum Gasteiger partial charge on any atom is 0.220 e. The van der Waals surface area contributed by atoms with E-state index in [1.807, 2.05) is 18.2 Å². The Hall–Kier alpha value is -2.63. The number of hydrogen-bond acceptors (Lipinski definition) is 6. The predicted octanol–water partition coefficient (Wildman–Crippen LogP) is 1.99. The lowest BCUT2D eigenvalue weighted by Crippen LogP contribution is -2.21. The van der Waals surface area contributed by atoms with Gasteiger partial charge in [-0.1, -0.05) is 6.07 Å². The summed E-state index contributed by atoms with van der Waals surface area (Å²) < 4.78 is 10.6. The van der Waals surface area contributed by atoms with E-state index in [2.05, 4.69) is 9.97 Å². The van der Waals surface area contributed by atoms with E-state index in [0.717, 1.165) is 11.3 Å². The molecule has 2 aromatic rings. The van der Waals surface area contributed by atoms with Crippen LogP contribution in [0.4, 0.5) is 5.95 Å². The van der Waals surface area contributed by atoms with Crippen LogP contribution in [0.5, 0.6) is 11.5 Å². The number of rotatable bonds is 3. The molecular formula is C16H17N3O3. The number of carbonyl (C=O) groups is 1. The lowest BCUT2D eigenvalue weighted by Gasteiger charge is -2.24. The minimum Gasteiger partial charge on any atom is -0.497 e. The number of aromatic nitrogens is 2. The molecule has 0 aliphatic heterocycles. The molecule has 1 aliphatic rings. The second-order valence-corrected chi connectivity index (χ2v) is 5.22. The van der Waals surface area contributed by atoms with Crippen molar-refractivity contribution >= 4 is 11.7 Å². The zero-order valence-electron chi connectivity index (χ0n) is 12.5. The van der Waals surface area contributed by atoms with Crippen LogP contribution in [0, 0.1) is 0 Å². The highest BCUT2D eigenvalue weighted by molar-refractivity contribution is 5.98. The van der Waals surface area contributed by atoms with E-state index in [1.54, 1.807) is 14.2 Å². The number of fused-ring (bicyclic) bond motifs is 1. The van der Waals surface area contributed by atoms with E-state index in [-0.39, 0.29) is 17.6 Å². The first kappa shape index (κ1) is 14.3. The number of Topliss-reactive ketones (excluding diaryl/α,β-unsaturated/α-hetero) is 1. The van der Waals surface area contributed by atoms with Gasteiger partial charge in [0.05, 0.1) is 25.5 Å². The highest BCUT2D eigenvalue weighted by Gasteiger charge is 2.29. The van der Waals surface area contributed by atoms with Crippen molar-refractivity contribution in [2.75, 3.05) is 20.0 Å². The zero-order valence-corrected chi connectivity index (χ0v) is 12.5. The van der Waals surface area contributed by atoms with Crippen LogP contribution in [0.25, 0.3) is 0 Å². The molecule has 0 saturated carbocycles. The number of carbonyl (C=O) groups excluding carboxylic acids is 1. The van der Waals surface area contributed by atoms with Gasteiger partial charge >= 0.3 is 0 Å². The Morgan fingerprint density at radius 1 is 1.23 bits per heavy atom. The molecule has 22 heavy (non-hydrogen) atoms. The molecule has 1 aromatic carbocycles. The smallest absolute Gasteiger partial charge is 0.220 e. The minimum absolute atomic E-state index is 0.00940. The molecule has 6 heteroatoms. The normalized spacial score (nSPS) is 17.0. The number of anilines is 1. The number of methoxy groups -OCH3 is 2. The number of nitrogens with zero attached hydrogens (tertiary/aromatic N) is 2. The molecule has 1 atom stereocenters. The molecule has 1 heterocycles. The van der Waals surface area contributed by atoms with E-state index in [1.165, 1.54) is 6.20 Å². The van der Waals surface area contributed by atoms with Crippen molar-refractivity contribution in [3.8, 4) is 11.5 Å². The van der Waals surface area contributed by atoms with Gasteiger partial charge in [-0.25, -0.2) is 9.97 Å². The first-order valence-corrected chi connectivity index (χ1v) is 6.99. The van der Waals surface area contributed by atoms with Crippen LogP contribution in [-0.4, -0.2) is 30.0 Å². The van der Waals surface area contributed by atoms with Crippen LogP contribution < -0.4 is 15.2 Å². The SMILES string of the molecule is COc1ccc([C@H]2CC(=O)c3cnc(N)nc3C2)c(OC)c1. The second-order valence-electron chi connectivity index (χ2n) is 5.22. The fraction of sp³-hybridized carbons (Fsp3) is 0.312. The van der Waals surface area contributed by atoms with Crippen LogP contribution in [-0.2, 0) is 6.42 Å². The fourth-order valence-electron chi connectivity index (χ4n) is 2.84. The van der Waals surface area contributed by atoms with Crippen molar-refractivity contribution in [1.82, 2.24) is 9.97 Å². The van der Waals surface area contributed by atoms with Gasteiger partial charge in [-0.2, -0.15) is 0 Å². The molecule has 0 saturated heterocycles. The van der Waals surface area contributed by atoms with Gasteiger partial charge in [0.1, 0.15) is 11.5 Å². The van der Waals surface area contributed by atoms with Gasteiger partial charge < -0.3 is 15.2 Å². The van der Waals surface area contributed by atoms with Gasteiger partial charge in [-0.05, 0) is 18.1 Å². The summed E-state index contributed by atoms with van der Waals surface area (Å²) in [5.74, 6) is 1.66. The Balaban J connectivity index is 1.99. The number of nitrogen functional groups attached to an aromatic ring is 1. The fourth-order valence-corrected chi connectivity index (χ4v) is 2.84. The Morgan fingerprint density at radius 2 is 2.05 bits per heavy atom. The molecule has 6 nitrogen and oxygen atoms in total. The number of benzene rings is 1. The van der Waals surface area contributed by atoms with Crippen LogP contribution in [0.1, 0.15) is 34.0 Å². The van der Waals surface area contributed by atoms with Crippen molar-refractivity contribution < 1.29 is 14.3 Å². The highest BCUT2D eigenvalue weighted by atomic mass is 16.5. The van der Waals surface area contributed by atoms with Gasteiger partial charge in [0.15, 0.2) is 5.78 Å². The summed E-state index contributed by atoms with van der Waals surface area (Å²) in [6.07, 6.45) is 2.56. The summed E-state index contributed by atoms with van der Waals surface area (Å²) in [7, 11) is 3.21. The molecule has 0 spiro atoms. The molecule has 1 aromatic heterocycles. The molecule has 0 bridgehead atoms. The van der Waals surface area contributed by atoms with E-state index >= 15 is 0 Å². The van der Waals surface area contributed by atoms with Gasteiger partial charge in [-0.3, -0.25) is 4.79 Å². The predicted molar refractivity (Wildman–Crippen MR) is 81.4 cm³/mol. The summed E-state index contributed by atoms with van der Waals surface area (Å²) in [5.41, 5.74) is 7.87. The molecule has 3 rings (SSSR count). The molecule has 2 N–H and O–H groups in total. The van der Waals surface area contributed by atoms with Crippen molar-refractivity contribution in [3.63, 3.8) is 0 Å². The number of nitrogens with two attached hydrogens (primary N) is 1. The third kappa shape index (κ3) is 2.47. The van der Waals surface area contributed by atoms with Gasteiger partial charge in [-0.15, -0.1) is 0 Å². The Kier molecular flexibility index (Phi) is 3.66. The summed E-state index contributed by atoms with van der Waals surface area (Å²) in [6, 6.07) is 5.63. The average molecular weight is 299 g/mol.